The Morgan fingerprint density at radius 3 is 2.77 bits per heavy atom. The van der Waals surface area contributed by atoms with Crippen molar-refractivity contribution >= 4 is 45.8 Å². The van der Waals surface area contributed by atoms with Crippen molar-refractivity contribution in [3.8, 4) is 0 Å². The monoisotopic (exact) mass is 330 g/mol. The lowest BCUT2D eigenvalue weighted by Crippen LogP contribution is -2.33. The Kier molecular flexibility index (Phi) is 4.64. The molecule has 1 atom stereocenters. The fourth-order valence-corrected chi connectivity index (χ4v) is 3.91. The lowest BCUT2D eigenvalue weighted by Gasteiger charge is -2.14. The zero-order chi connectivity index (χ0) is 15.5. The van der Waals surface area contributed by atoms with Crippen LogP contribution in [0.15, 0.2) is 42.5 Å². The molecule has 0 aliphatic carbocycles. The minimum absolute atomic E-state index is 0.0794. The second-order valence-electron chi connectivity index (χ2n) is 5.35. The first-order valence-electron chi connectivity index (χ1n) is 7.33. The largest absolute Gasteiger partial charge is 0.351 e. The highest BCUT2D eigenvalue weighted by Gasteiger charge is 2.31. The third-order valence-electron chi connectivity index (χ3n) is 3.82. The number of carbonyl (C=O) groups excluding carboxylic acids is 1. The predicted octanol–water partition coefficient (Wildman–Crippen LogP) is 3.18. The Hall–Kier alpha value is -1.59. The van der Waals surface area contributed by atoms with E-state index in [2.05, 4.69) is 47.8 Å². The van der Waals surface area contributed by atoms with Crippen molar-refractivity contribution in [2.24, 2.45) is 0 Å². The summed E-state index contributed by atoms with van der Waals surface area (Å²) < 4.78 is 0. The minimum Gasteiger partial charge on any atom is -0.351 e. The number of rotatable bonds is 5. The average molecular weight is 330 g/mol. The summed E-state index contributed by atoms with van der Waals surface area (Å²) in [6.45, 7) is 2.52. The zero-order valence-electron chi connectivity index (χ0n) is 12.4. The molecule has 0 radical (unpaired) electrons. The third kappa shape index (κ3) is 3.10. The summed E-state index contributed by atoms with van der Waals surface area (Å²) in [4.78, 5) is 13.6. The molecule has 0 saturated carbocycles. The number of hydrogen-bond acceptors (Lipinski definition) is 3. The van der Waals surface area contributed by atoms with Gasteiger partial charge in [0.1, 0.15) is 6.04 Å². The molecule has 114 valence electrons. The van der Waals surface area contributed by atoms with Crippen LogP contribution in [0.2, 0.25) is 0 Å². The number of nitrogens with one attached hydrogen (secondary N) is 1. The summed E-state index contributed by atoms with van der Waals surface area (Å²) in [6, 6.07) is 14.7. The van der Waals surface area contributed by atoms with Gasteiger partial charge in [-0.1, -0.05) is 42.5 Å². The van der Waals surface area contributed by atoms with E-state index in [0.717, 1.165) is 11.5 Å². The maximum atomic E-state index is 11.9. The molecule has 1 N–H and O–H groups in total. The SMILES string of the molecule is C[C@@H]1NC(=S)N(CCSCc2cccc3ccccc23)C1=O. The van der Waals surface area contributed by atoms with Gasteiger partial charge in [-0.3, -0.25) is 9.69 Å². The summed E-state index contributed by atoms with van der Waals surface area (Å²) in [7, 11) is 0. The van der Waals surface area contributed by atoms with Crippen LogP contribution >= 0.6 is 24.0 Å². The molecular formula is C17H18N2OS2. The lowest BCUT2D eigenvalue weighted by molar-refractivity contribution is -0.126. The molecule has 5 heteroatoms. The van der Waals surface area contributed by atoms with Gasteiger partial charge in [0.15, 0.2) is 5.11 Å². The molecule has 22 heavy (non-hydrogen) atoms. The summed E-state index contributed by atoms with van der Waals surface area (Å²) >= 11 is 7.02. The highest BCUT2D eigenvalue weighted by molar-refractivity contribution is 7.98. The van der Waals surface area contributed by atoms with Crippen LogP contribution in [0, 0.1) is 0 Å². The second-order valence-corrected chi connectivity index (χ2v) is 6.84. The van der Waals surface area contributed by atoms with Gasteiger partial charge >= 0.3 is 0 Å². The standard InChI is InChI=1S/C17H18N2OS2/c1-12-16(20)19(17(21)18-12)9-10-22-11-14-7-4-6-13-5-2-3-8-15(13)14/h2-8,12H,9-11H2,1H3,(H,18,21)/t12-/m0/s1. The molecule has 0 spiro atoms. The van der Waals surface area contributed by atoms with Gasteiger partial charge < -0.3 is 5.32 Å². The van der Waals surface area contributed by atoms with Gasteiger partial charge in [0.05, 0.1) is 0 Å². The number of benzene rings is 2. The number of fused-ring (bicyclic) bond motifs is 1. The van der Waals surface area contributed by atoms with Gasteiger partial charge in [-0.2, -0.15) is 11.8 Å². The topological polar surface area (TPSA) is 32.3 Å². The Balaban J connectivity index is 1.57. The molecule has 1 heterocycles. The van der Waals surface area contributed by atoms with Crippen LogP contribution in [0.5, 0.6) is 0 Å². The van der Waals surface area contributed by atoms with Crippen molar-refractivity contribution in [1.82, 2.24) is 10.2 Å². The summed E-state index contributed by atoms with van der Waals surface area (Å²) in [5.41, 5.74) is 1.34. The van der Waals surface area contributed by atoms with Crippen LogP contribution in [0.4, 0.5) is 0 Å². The van der Waals surface area contributed by atoms with Crippen molar-refractivity contribution < 1.29 is 4.79 Å². The molecule has 0 unspecified atom stereocenters. The number of amides is 1. The van der Waals surface area contributed by atoms with Crippen molar-refractivity contribution in [1.29, 1.82) is 0 Å². The molecular weight excluding hydrogens is 312 g/mol. The second kappa shape index (κ2) is 6.67. The van der Waals surface area contributed by atoms with E-state index in [-0.39, 0.29) is 11.9 Å². The van der Waals surface area contributed by atoms with Crippen molar-refractivity contribution in [3.63, 3.8) is 0 Å². The van der Waals surface area contributed by atoms with E-state index < -0.39 is 0 Å². The van der Waals surface area contributed by atoms with E-state index in [4.69, 9.17) is 12.2 Å². The average Bonchev–Trinajstić information content (AvgIpc) is 2.77. The highest BCUT2D eigenvalue weighted by Crippen LogP contribution is 2.23. The maximum Gasteiger partial charge on any atom is 0.251 e. The van der Waals surface area contributed by atoms with Crippen LogP contribution in [-0.2, 0) is 10.5 Å². The van der Waals surface area contributed by atoms with E-state index in [1.54, 1.807) is 4.90 Å². The van der Waals surface area contributed by atoms with Gasteiger partial charge in [0, 0.05) is 18.1 Å². The van der Waals surface area contributed by atoms with Crippen LogP contribution in [-0.4, -0.2) is 34.3 Å². The van der Waals surface area contributed by atoms with Gasteiger partial charge in [0.2, 0.25) is 0 Å². The van der Waals surface area contributed by atoms with Crippen LogP contribution in [0.1, 0.15) is 12.5 Å². The molecule has 0 bridgehead atoms. The van der Waals surface area contributed by atoms with E-state index in [0.29, 0.717) is 11.7 Å². The summed E-state index contributed by atoms with van der Waals surface area (Å²) in [5.74, 6) is 1.90. The first kappa shape index (κ1) is 15.3. The van der Waals surface area contributed by atoms with Gasteiger partial charge in [-0.05, 0) is 35.5 Å². The summed E-state index contributed by atoms with van der Waals surface area (Å²) in [5, 5.41) is 6.14. The lowest BCUT2D eigenvalue weighted by atomic mass is 10.1. The fraction of sp³-hybridized carbons (Fsp3) is 0.294. The van der Waals surface area contributed by atoms with Crippen LogP contribution < -0.4 is 5.32 Å². The molecule has 1 saturated heterocycles. The van der Waals surface area contributed by atoms with Gasteiger partial charge in [-0.15, -0.1) is 0 Å². The van der Waals surface area contributed by atoms with E-state index in [1.807, 2.05) is 18.7 Å². The molecule has 0 aromatic heterocycles. The Morgan fingerprint density at radius 1 is 1.23 bits per heavy atom. The van der Waals surface area contributed by atoms with Crippen molar-refractivity contribution in [3.05, 3.63) is 48.0 Å². The molecule has 1 aliphatic heterocycles. The molecule has 3 rings (SSSR count). The van der Waals surface area contributed by atoms with E-state index >= 15 is 0 Å². The Labute approximate surface area is 140 Å². The number of carbonyl (C=O) groups is 1. The predicted molar refractivity (Wildman–Crippen MR) is 97.0 cm³/mol. The van der Waals surface area contributed by atoms with Crippen molar-refractivity contribution in [2.45, 2.75) is 18.7 Å². The Morgan fingerprint density at radius 2 is 2.00 bits per heavy atom. The Bertz CT molecular complexity index is 711. The number of thioether (sulfide) groups is 1. The molecule has 1 fully saturated rings. The number of hydrogen-bond donors (Lipinski definition) is 1. The molecule has 2 aromatic carbocycles. The smallest absolute Gasteiger partial charge is 0.251 e. The first-order chi connectivity index (χ1) is 10.7. The zero-order valence-corrected chi connectivity index (χ0v) is 14.0. The fourth-order valence-electron chi connectivity index (χ4n) is 2.63. The minimum atomic E-state index is -0.185. The van der Waals surface area contributed by atoms with E-state index in [1.165, 1.54) is 16.3 Å². The van der Waals surface area contributed by atoms with Gasteiger partial charge in [0.25, 0.3) is 5.91 Å². The van der Waals surface area contributed by atoms with Crippen molar-refractivity contribution in [2.75, 3.05) is 12.3 Å². The molecule has 1 aliphatic rings. The van der Waals surface area contributed by atoms with Crippen LogP contribution in [0.3, 0.4) is 0 Å². The quantitative estimate of drug-likeness (QED) is 0.674. The highest BCUT2D eigenvalue weighted by atomic mass is 32.2. The summed E-state index contributed by atoms with van der Waals surface area (Å²) in [6.07, 6.45) is 0. The molecule has 1 amide bonds. The van der Waals surface area contributed by atoms with Crippen LogP contribution in [0.25, 0.3) is 10.8 Å². The van der Waals surface area contributed by atoms with E-state index in [9.17, 15) is 4.79 Å². The maximum absolute atomic E-state index is 11.9. The normalized spacial score (nSPS) is 18.0. The molecule has 3 nitrogen and oxygen atoms in total. The molecule has 2 aromatic rings. The number of nitrogens with zero attached hydrogens (tertiary/aromatic N) is 1. The first-order valence-corrected chi connectivity index (χ1v) is 8.89. The number of thiocarbonyl (C=S) groups is 1. The van der Waals surface area contributed by atoms with Gasteiger partial charge in [-0.25, -0.2) is 0 Å². The third-order valence-corrected chi connectivity index (χ3v) is 5.14.